The van der Waals surface area contributed by atoms with Crippen molar-refractivity contribution in [1.82, 2.24) is 5.32 Å². The van der Waals surface area contributed by atoms with Gasteiger partial charge in [0.1, 0.15) is 0 Å². The van der Waals surface area contributed by atoms with Crippen LogP contribution in [0.3, 0.4) is 0 Å². The van der Waals surface area contributed by atoms with Crippen LogP contribution in [0.25, 0.3) is 0 Å². The zero-order valence-corrected chi connectivity index (χ0v) is 9.69. The molecule has 3 nitrogen and oxygen atoms in total. The molecule has 0 aliphatic rings. The van der Waals surface area contributed by atoms with Crippen molar-refractivity contribution in [2.45, 2.75) is 32.2 Å². The molecule has 0 aliphatic carbocycles. The number of halogens is 6. The first-order valence-electron chi connectivity index (χ1n) is 5.04. The number of hydrogen-bond acceptors (Lipinski definition) is 2. The van der Waals surface area contributed by atoms with Crippen molar-refractivity contribution in [3.05, 3.63) is 0 Å². The van der Waals surface area contributed by atoms with Crippen molar-refractivity contribution < 1.29 is 31.1 Å². The Kier molecular flexibility index (Phi) is 5.45. The van der Waals surface area contributed by atoms with E-state index in [4.69, 9.17) is 5.73 Å². The molecule has 0 heterocycles. The van der Waals surface area contributed by atoms with E-state index in [0.717, 1.165) is 0 Å². The standard InChI is InChI=1S/C9H14F6N2O/c1-4(2)5(16)3-17-7(18)6(8(10,11)12)9(13,14)15/h4-6H,3,16H2,1-2H3,(H,17,18). The summed E-state index contributed by atoms with van der Waals surface area (Å²) in [5.41, 5.74) is 5.41. The van der Waals surface area contributed by atoms with Gasteiger partial charge in [0.05, 0.1) is 0 Å². The SMILES string of the molecule is CC(C)C(N)CNC(=O)C(C(F)(F)F)C(F)(F)F. The summed E-state index contributed by atoms with van der Waals surface area (Å²) < 4.78 is 72.8. The van der Waals surface area contributed by atoms with Gasteiger partial charge in [-0.1, -0.05) is 13.8 Å². The Balaban J connectivity index is 4.71. The molecular formula is C9H14F6N2O. The fraction of sp³-hybridized carbons (Fsp3) is 0.889. The molecule has 0 aromatic rings. The smallest absolute Gasteiger partial charge is 0.354 e. The molecule has 1 unspecified atom stereocenters. The molecule has 0 aromatic heterocycles. The van der Waals surface area contributed by atoms with Crippen LogP contribution in [0.4, 0.5) is 26.3 Å². The predicted molar refractivity (Wildman–Crippen MR) is 51.4 cm³/mol. The monoisotopic (exact) mass is 280 g/mol. The van der Waals surface area contributed by atoms with Crippen LogP contribution in [0, 0.1) is 11.8 Å². The number of carbonyl (C=O) groups excluding carboxylic acids is 1. The van der Waals surface area contributed by atoms with Gasteiger partial charge in [-0.3, -0.25) is 4.79 Å². The largest absolute Gasteiger partial charge is 0.409 e. The summed E-state index contributed by atoms with van der Waals surface area (Å²) in [5, 5.41) is 1.57. The molecule has 1 amide bonds. The van der Waals surface area contributed by atoms with Crippen LogP contribution in [-0.2, 0) is 4.79 Å². The topological polar surface area (TPSA) is 55.1 Å². The molecular weight excluding hydrogens is 266 g/mol. The molecule has 3 N–H and O–H groups in total. The van der Waals surface area contributed by atoms with E-state index in [2.05, 4.69) is 0 Å². The van der Waals surface area contributed by atoms with Gasteiger partial charge in [-0.15, -0.1) is 0 Å². The Bertz CT molecular complexity index is 272. The van der Waals surface area contributed by atoms with Gasteiger partial charge in [-0.05, 0) is 5.92 Å². The van der Waals surface area contributed by atoms with Crippen LogP contribution >= 0.6 is 0 Å². The van der Waals surface area contributed by atoms with Gasteiger partial charge in [0.15, 0.2) is 0 Å². The number of carbonyl (C=O) groups is 1. The lowest BCUT2D eigenvalue weighted by atomic mass is 10.0. The van der Waals surface area contributed by atoms with Crippen LogP contribution in [-0.4, -0.2) is 30.8 Å². The Morgan fingerprint density at radius 2 is 1.50 bits per heavy atom. The normalized spacial score (nSPS) is 15.1. The average molecular weight is 280 g/mol. The minimum absolute atomic E-state index is 0.180. The molecule has 0 fully saturated rings. The average Bonchev–Trinajstić information content (AvgIpc) is 2.08. The molecule has 0 spiro atoms. The Morgan fingerprint density at radius 3 is 1.78 bits per heavy atom. The maximum Gasteiger partial charge on any atom is 0.409 e. The fourth-order valence-corrected chi connectivity index (χ4v) is 1.04. The van der Waals surface area contributed by atoms with Crippen molar-refractivity contribution in [1.29, 1.82) is 0 Å². The second-order valence-corrected chi connectivity index (χ2v) is 4.17. The molecule has 0 aromatic carbocycles. The van der Waals surface area contributed by atoms with E-state index >= 15 is 0 Å². The molecule has 1 atom stereocenters. The van der Waals surface area contributed by atoms with Gasteiger partial charge >= 0.3 is 12.4 Å². The third-order valence-electron chi connectivity index (χ3n) is 2.29. The maximum absolute atomic E-state index is 12.1. The highest BCUT2D eigenvalue weighted by molar-refractivity contribution is 5.80. The summed E-state index contributed by atoms with van der Waals surface area (Å²) in [5.74, 6) is -6.34. The summed E-state index contributed by atoms with van der Waals surface area (Å²) in [6.45, 7) is 2.81. The van der Waals surface area contributed by atoms with Crippen molar-refractivity contribution in [3.8, 4) is 0 Å². The molecule has 0 saturated carbocycles. The molecule has 0 aliphatic heterocycles. The van der Waals surface area contributed by atoms with Crippen molar-refractivity contribution in [2.75, 3.05) is 6.54 Å². The van der Waals surface area contributed by atoms with E-state index in [0.29, 0.717) is 0 Å². The highest BCUT2D eigenvalue weighted by Crippen LogP contribution is 2.39. The number of amides is 1. The quantitative estimate of drug-likeness (QED) is 0.772. The minimum Gasteiger partial charge on any atom is -0.354 e. The molecule has 108 valence electrons. The van der Waals surface area contributed by atoms with Crippen LogP contribution in [0.2, 0.25) is 0 Å². The second-order valence-electron chi connectivity index (χ2n) is 4.17. The zero-order chi connectivity index (χ0) is 14.7. The second kappa shape index (κ2) is 5.77. The summed E-state index contributed by atoms with van der Waals surface area (Å²) in [6.07, 6.45) is -11.4. The molecule has 0 radical (unpaired) electrons. The summed E-state index contributed by atoms with van der Waals surface area (Å²) >= 11 is 0. The Hall–Kier alpha value is -0.990. The van der Waals surface area contributed by atoms with Crippen LogP contribution in [0.5, 0.6) is 0 Å². The van der Waals surface area contributed by atoms with E-state index in [-0.39, 0.29) is 5.92 Å². The lowest BCUT2D eigenvalue weighted by Crippen LogP contribution is -2.50. The first kappa shape index (κ1) is 17.0. The van der Waals surface area contributed by atoms with Gasteiger partial charge in [0.25, 0.3) is 0 Å². The summed E-state index contributed by atoms with van der Waals surface area (Å²) in [6, 6.07) is -0.712. The van der Waals surface area contributed by atoms with E-state index < -0.39 is 36.8 Å². The number of nitrogens with one attached hydrogen (secondary N) is 1. The summed E-state index contributed by atoms with van der Waals surface area (Å²) in [7, 11) is 0. The van der Waals surface area contributed by atoms with E-state index in [1.807, 2.05) is 0 Å². The van der Waals surface area contributed by atoms with Crippen molar-refractivity contribution in [3.63, 3.8) is 0 Å². The van der Waals surface area contributed by atoms with Gasteiger partial charge < -0.3 is 11.1 Å². The van der Waals surface area contributed by atoms with E-state index in [1.165, 1.54) is 0 Å². The third-order valence-corrected chi connectivity index (χ3v) is 2.29. The lowest BCUT2D eigenvalue weighted by molar-refractivity contribution is -0.274. The van der Waals surface area contributed by atoms with E-state index in [9.17, 15) is 31.1 Å². The molecule has 0 saturated heterocycles. The maximum atomic E-state index is 12.1. The number of alkyl halides is 6. The van der Waals surface area contributed by atoms with Crippen molar-refractivity contribution in [2.24, 2.45) is 17.6 Å². The zero-order valence-electron chi connectivity index (χ0n) is 9.69. The highest BCUT2D eigenvalue weighted by atomic mass is 19.4. The molecule has 18 heavy (non-hydrogen) atoms. The Morgan fingerprint density at radius 1 is 1.11 bits per heavy atom. The number of nitrogens with two attached hydrogens (primary N) is 1. The predicted octanol–water partition coefficient (Wildman–Crippen LogP) is 1.83. The van der Waals surface area contributed by atoms with Gasteiger partial charge in [-0.25, -0.2) is 0 Å². The van der Waals surface area contributed by atoms with E-state index in [1.54, 1.807) is 19.2 Å². The molecule has 0 rings (SSSR count). The van der Waals surface area contributed by atoms with Crippen LogP contribution in [0.1, 0.15) is 13.8 Å². The third kappa shape index (κ3) is 5.11. The first-order valence-corrected chi connectivity index (χ1v) is 5.04. The minimum atomic E-state index is -5.68. The van der Waals surface area contributed by atoms with Gasteiger partial charge in [0.2, 0.25) is 11.8 Å². The highest BCUT2D eigenvalue weighted by Gasteiger charge is 2.61. The Labute approximate surface area is 99.7 Å². The summed E-state index contributed by atoms with van der Waals surface area (Å²) in [4.78, 5) is 11.0. The molecule has 9 heteroatoms. The van der Waals surface area contributed by atoms with Gasteiger partial charge in [0, 0.05) is 12.6 Å². The number of hydrogen-bond donors (Lipinski definition) is 2. The number of rotatable bonds is 4. The lowest BCUT2D eigenvalue weighted by Gasteiger charge is -2.23. The first-order chi connectivity index (χ1) is 7.87. The fourth-order valence-electron chi connectivity index (χ4n) is 1.04. The van der Waals surface area contributed by atoms with Crippen LogP contribution < -0.4 is 11.1 Å². The van der Waals surface area contributed by atoms with Crippen LogP contribution in [0.15, 0.2) is 0 Å². The van der Waals surface area contributed by atoms with Crippen molar-refractivity contribution >= 4 is 5.91 Å². The van der Waals surface area contributed by atoms with Gasteiger partial charge in [-0.2, -0.15) is 26.3 Å². The molecule has 0 bridgehead atoms.